The first kappa shape index (κ1) is 39.3. The van der Waals surface area contributed by atoms with E-state index in [9.17, 15) is 58.8 Å². The molecular weight excluding hydrogens is 666 g/mol. The molecule has 50 heavy (non-hydrogen) atoms. The Balaban J connectivity index is 1.74. The number of hydrogen-bond acceptors (Lipinski definition) is 14. The number of aliphatic carboxylic acids is 1. The number of benzene rings is 1. The number of rotatable bonds is 15. The molecule has 259 valence electrons. The van der Waals surface area contributed by atoms with Gasteiger partial charge in [0.15, 0.2) is 17.7 Å². The number of carboxylic acids is 1. The number of nitrogens with zero attached hydrogens (tertiary/aromatic N) is 1. The molecule has 6 amide bonds. The summed E-state index contributed by atoms with van der Waals surface area (Å²) in [6.45, 7) is 2.70. The van der Waals surface area contributed by atoms with Crippen molar-refractivity contribution in [2.24, 2.45) is 5.92 Å². The molecule has 0 spiro atoms. The van der Waals surface area contributed by atoms with Gasteiger partial charge < -0.3 is 60.5 Å². The fourth-order valence-electron chi connectivity index (χ4n) is 4.05. The Morgan fingerprint density at radius 2 is 1.62 bits per heavy atom. The van der Waals surface area contributed by atoms with Crippen LogP contribution >= 0.6 is 0 Å². The normalized spacial score (nSPS) is 21.8. The maximum atomic E-state index is 13.0. The molecule has 0 bridgehead atoms. The van der Waals surface area contributed by atoms with Gasteiger partial charge in [0.05, 0.1) is 11.6 Å². The number of carbonyl (C=O) groups excluding carboxylic acids is 7. The lowest BCUT2D eigenvalue weighted by Crippen LogP contribution is -2.61. The summed E-state index contributed by atoms with van der Waals surface area (Å²) in [5.74, 6) is -10.7. The molecule has 24 heteroatoms. The number of anilines is 1. The van der Waals surface area contributed by atoms with Crippen molar-refractivity contribution in [1.82, 2.24) is 20.6 Å². The highest BCUT2D eigenvalue weighted by molar-refractivity contribution is 6.77. The van der Waals surface area contributed by atoms with Crippen LogP contribution in [0.2, 0.25) is 0 Å². The van der Waals surface area contributed by atoms with E-state index in [1.165, 1.54) is 18.2 Å². The molecule has 20 nitrogen and oxygen atoms in total. The molecule has 2 aliphatic rings. The van der Waals surface area contributed by atoms with Crippen LogP contribution < -0.4 is 25.8 Å². The van der Waals surface area contributed by atoms with E-state index >= 15 is 0 Å². The van der Waals surface area contributed by atoms with Crippen molar-refractivity contribution >= 4 is 82.9 Å². The van der Waals surface area contributed by atoms with Gasteiger partial charge in [0.1, 0.15) is 30.7 Å². The highest BCUT2D eigenvalue weighted by atomic mass is 16.7. The molecule has 0 aliphatic carbocycles. The third kappa shape index (κ3) is 10.7. The van der Waals surface area contributed by atoms with Gasteiger partial charge in [-0.25, -0.2) is 4.79 Å². The maximum absolute atomic E-state index is 13.0. The quantitative estimate of drug-likeness (QED) is 0.0641. The first-order chi connectivity index (χ1) is 23.5. The van der Waals surface area contributed by atoms with Gasteiger partial charge in [-0.05, 0) is 17.7 Å². The topological polar surface area (TPSA) is 297 Å². The number of carboxylic acid groups (broad SMARTS) is 1. The maximum Gasteiger partial charge on any atom is 0.375 e. The number of hydrogen-bond donors (Lipinski definition) is 8. The Morgan fingerprint density at radius 1 is 0.960 bits per heavy atom. The predicted molar refractivity (Wildman–Crippen MR) is 168 cm³/mol. The molecule has 1 aromatic carbocycles. The molecule has 1 aromatic rings. The number of imide groups is 1. The third-order valence-corrected chi connectivity index (χ3v) is 6.67. The van der Waals surface area contributed by atoms with Crippen LogP contribution in [0.1, 0.15) is 19.4 Å². The summed E-state index contributed by atoms with van der Waals surface area (Å²) in [5.41, 5.74) is -0.0164. The molecule has 3 rings (SSSR count). The summed E-state index contributed by atoms with van der Waals surface area (Å²) in [6, 6.07) is 3.70. The molecule has 6 atom stereocenters. The van der Waals surface area contributed by atoms with Gasteiger partial charge in [-0.2, -0.15) is 0 Å². The number of nitrogens with one attached hydrogen (secondary N) is 4. The van der Waals surface area contributed by atoms with Crippen molar-refractivity contribution in [3.63, 3.8) is 0 Å². The van der Waals surface area contributed by atoms with E-state index in [4.69, 9.17) is 22.1 Å². The van der Waals surface area contributed by atoms with Crippen LogP contribution in [0, 0.1) is 5.92 Å². The average Bonchev–Trinajstić information content (AvgIpc) is 3.37. The largest absolute Gasteiger partial charge is 0.479 e. The van der Waals surface area contributed by atoms with Gasteiger partial charge in [-0.3, -0.25) is 33.6 Å². The lowest BCUT2D eigenvalue weighted by Gasteiger charge is -2.38. The van der Waals surface area contributed by atoms with Gasteiger partial charge in [0.2, 0.25) is 43.6 Å². The van der Waals surface area contributed by atoms with Crippen molar-refractivity contribution in [3.05, 3.63) is 35.9 Å². The van der Waals surface area contributed by atoms with Gasteiger partial charge >= 0.3 is 20.8 Å². The van der Waals surface area contributed by atoms with Crippen LogP contribution in [0.5, 0.6) is 5.75 Å². The summed E-state index contributed by atoms with van der Waals surface area (Å²) >= 11 is 0. The highest BCUT2D eigenvalue weighted by Crippen LogP contribution is 2.31. The van der Waals surface area contributed by atoms with Gasteiger partial charge in [0, 0.05) is 18.1 Å². The predicted octanol–water partition coefficient (Wildman–Crippen LogP) is -4.00. The SMILES string of the molecule is [B]C(=O)OCc1ccc(O[C@@H]2O[C@H](C(=O)O)[C@@H](O)[C@H](O)[C@H]2O)c(NC(=O)[B]NC(=O)C([B]NC(=O)C(C)C)NC(=O)[B]N2C(=O)C=CC2=O)c1. The van der Waals surface area contributed by atoms with Crippen molar-refractivity contribution in [3.8, 4) is 5.75 Å². The number of amides is 6. The molecule has 5 radical (unpaired) electrons. The molecule has 2 aliphatic heterocycles. The summed E-state index contributed by atoms with van der Waals surface area (Å²) in [5, 5.41) is 48.6. The molecule has 0 aromatic heterocycles. The van der Waals surface area contributed by atoms with Crippen LogP contribution in [-0.2, 0) is 40.1 Å². The Labute approximate surface area is 286 Å². The zero-order valence-corrected chi connectivity index (χ0v) is 26.2. The zero-order valence-electron chi connectivity index (χ0n) is 26.2. The molecule has 0 saturated carbocycles. The molecule has 1 unspecified atom stereocenters. The van der Waals surface area contributed by atoms with Gasteiger partial charge in [0.25, 0.3) is 7.41 Å². The van der Waals surface area contributed by atoms with Crippen LogP contribution in [0.25, 0.3) is 0 Å². The average molecular weight is 694 g/mol. The van der Waals surface area contributed by atoms with E-state index in [0.717, 1.165) is 19.6 Å². The standard InChI is InChI=1S/C26H28B4N5O15/c1-9(2)20(41)33-28-19(32-26(47)30-35-13(36)5-6-14(35)37)21(42)34-29-25(46)31-11-7-10(8-48-24(27)45)3-4-12(11)49-23-17(40)15(38)16(39)18(50-23)22(43)44/h3-7,9,15-19,23,38-40H,8H2,1-2H3,(H,31,46)(H,32,47)(H,33,41)(H,34,42)(H,43,44)/t15-,16-,17+,18-,19?,23+/m0/s1. The van der Waals surface area contributed by atoms with E-state index < -0.39 is 96.3 Å². The summed E-state index contributed by atoms with van der Waals surface area (Å²) in [4.78, 5) is 97.1. The fraction of sp³-hybridized carbons (Fsp3) is 0.385. The second-order valence-electron chi connectivity index (χ2n) is 10.8. The van der Waals surface area contributed by atoms with Crippen LogP contribution in [-0.4, -0.2) is 139 Å². The molecular formula is C26H28B4N5O15. The van der Waals surface area contributed by atoms with Crippen molar-refractivity contribution < 1.29 is 73.0 Å². The second kappa shape index (κ2) is 17.5. The highest BCUT2D eigenvalue weighted by Gasteiger charge is 2.48. The van der Waals surface area contributed by atoms with E-state index in [0.29, 0.717) is 19.6 Å². The number of aliphatic hydroxyl groups is 3. The molecule has 2 heterocycles. The van der Waals surface area contributed by atoms with Gasteiger partial charge in [-0.1, -0.05) is 19.9 Å². The Hall–Kier alpha value is -5.18. The number of ether oxygens (including phenoxy) is 3. The summed E-state index contributed by atoms with van der Waals surface area (Å²) in [6.07, 6.45) is -8.06. The Morgan fingerprint density at radius 3 is 2.22 bits per heavy atom. The minimum absolute atomic E-state index is 0.221. The minimum Gasteiger partial charge on any atom is -0.479 e. The van der Waals surface area contributed by atoms with Crippen molar-refractivity contribution in [1.29, 1.82) is 0 Å². The van der Waals surface area contributed by atoms with E-state index in [1.54, 1.807) is 13.8 Å². The van der Waals surface area contributed by atoms with E-state index in [2.05, 4.69) is 21.1 Å². The number of carbonyl (C=O) groups is 8. The van der Waals surface area contributed by atoms with Gasteiger partial charge in [-0.15, -0.1) is 0 Å². The molecule has 1 fully saturated rings. The lowest BCUT2D eigenvalue weighted by molar-refractivity contribution is -0.271. The van der Waals surface area contributed by atoms with Crippen molar-refractivity contribution in [2.45, 2.75) is 57.1 Å². The van der Waals surface area contributed by atoms with E-state index in [1.807, 2.05) is 0 Å². The smallest absolute Gasteiger partial charge is 0.375 e. The van der Waals surface area contributed by atoms with Crippen LogP contribution in [0.3, 0.4) is 0 Å². The zero-order chi connectivity index (χ0) is 37.3. The molecule has 1 saturated heterocycles. The first-order valence-corrected chi connectivity index (χ1v) is 14.4. The Bertz CT molecular complexity index is 1550. The Kier molecular flexibility index (Phi) is 13.7. The van der Waals surface area contributed by atoms with E-state index in [-0.39, 0.29) is 17.0 Å². The second-order valence-corrected chi connectivity index (χ2v) is 10.8. The monoisotopic (exact) mass is 694 g/mol. The minimum atomic E-state index is -2.02. The van der Waals surface area contributed by atoms with Crippen molar-refractivity contribution in [2.75, 3.05) is 5.32 Å². The van der Waals surface area contributed by atoms with Crippen LogP contribution in [0.4, 0.5) is 20.1 Å². The lowest BCUT2D eigenvalue weighted by atomic mass is 9.77. The first-order valence-electron chi connectivity index (χ1n) is 14.4. The third-order valence-electron chi connectivity index (χ3n) is 6.67. The summed E-state index contributed by atoms with van der Waals surface area (Å²) < 4.78 is 15.3. The number of aliphatic hydroxyl groups excluding tert-OH is 3. The van der Waals surface area contributed by atoms with Crippen LogP contribution in [0.15, 0.2) is 30.4 Å². The fourth-order valence-corrected chi connectivity index (χ4v) is 4.05. The summed E-state index contributed by atoms with van der Waals surface area (Å²) in [7, 11) is 7.05. The molecule has 8 N–H and O–H groups in total.